The second kappa shape index (κ2) is 7.05. The van der Waals surface area contributed by atoms with E-state index >= 15 is 0 Å². The van der Waals surface area contributed by atoms with Crippen LogP contribution >= 0.6 is 11.6 Å². The molecular weight excluding hydrogens is 322 g/mol. The highest BCUT2D eigenvalue weighted by Crippen LogP contribution is 2.17. The standard InChI is InChI=1S/C19H20ClN3O/c1-3-22(4-2)18-19(24)23(13-14-9-11-15(20)12-10-14)17-8-6-5-7-16(17)21-18/h5-12H,3-4,13H2,1-2H3. The number of nitrogens with zero attached hydrogens (tertiary/aromatic N) is 3. The van der Waals surface area contributed by atoms with Gasteiger partial charge in [-0.05, 0) is 43.7 Å². The van der Waals surface area contributed by atoms with Gasteiger partial charge in [-0.2, -0.15) is 0 Å². The molecule has 0 saturated carbocycles. The zero-order valence-electron chi connectivity index (χ0n) is 13.9. The van der Waals surface area contributed by atoms with E-state index in [9.17, 15) is 4.79 Å². The third-order valence-corrected chi connectivity index (χ3v) is 4.40. The maximum absolute atomic E-state index is 13.0. The summed E-state index contributed by atoms with van der Waals surface area (Å²) in [6.07, 6.45) is 0. The summed E-state index contributed by atoms with van der Waals surface area (Å²) in [7, 11) is 0. The SMILES string of the molecule is CCN(CC)c1nc2ccccc2n(Cc2ccc(Cl)cc2)c1=O. The molecule has 4 nitrogen and oxygen atoms in total. The molecule has 0 aliphatic rings. The molecular formula is C19H20ClN3O. The zero-order chi connectivity index (χ0) is 17.1. The van der Waals surface area contributed by atoms with Gasteiger partial charge >= 0.3 is 0 Å². The third kappa shape index (κ3) is 3.15. The van der Waals surface area contributed by atoms with Crippen LogP contribution in [0, 0.1) is 0 Å². The largest absolute Gasteiger partial charge is 0.353 e. The molecule has 0 N–H and O–H groups in total. The van der Waals surface area contributed by atoms with Crippen LogP contribution in [0.15, 0.2) is 53.3 Å². The van der Waals surface area contributed by atoms with Gasteiger partial charge in [0, 0.05) is 18.1 Å². The van der Waals surface area contributed by atoms with Gasteiger partial charge in [-0.3, -0.25) is 9.36 Å². The minimum atomic E-state index is -0.0626. The molecule has 0 fully saturated rings. The van der Waals surface area contributed by atoms with Crippen molar-refractivity contribution in [1.29, 1.82) is 0 Å². The molecule has 0 spiro atoms. The van der Waals surface area contributed by atoms with Crippen LogP contribution in [0.25, 0.3) is 11.0 Å². The molecule has 24 heavy (non-hydrogen) atoms. The predicted octanol–water partition coefficient (Wildman–Crippen LogP) is 3.94. The molecule has 0 bridgehead atoms. The summed E-state index contributed by atoms with van der Waals surface area (Å²) >= 11 is 5.96. The van der Waals surface area contributed by atoms with Crippen molar-refractivity contribution in [2.24, 2.45) is 0 Å². The highest BCUT2D eigenvalue weighted by Gasteiger charge is 2.15. The van der Waals surface area contributed by atoms with Gasteiger partial charge in [0.2, 0.25) is 0 Å². The number of hydrogen-bond donors (Lipinski definition) is 0. The predicted molar refractivity (Wildman–Crippen MR) is 100 cm³/mol. The Morgan fingerprint density at radius 3 is 2.38 bits per heavy atom. The molecule has 0 amide bonds. The Labute approximate surface area is 146 Å². The highest BCUT2D eigenvalue weighted by molar-refractivity contribution is 6.30. The van der Waals surface area contributed by atoms with Crippen LogP contribution in [0.5, 0.6) is 0 Å². The molecule has 3 rings (SSSR count). The first-order valence-electron chi connectivity index (χ1n) is 8.13. The first-order valence-corrected chi connectivity index (χ1v) is 8.50. The van der Waals surface area contributed by atoms with E-state index < -0.39 is 0 Å². The molecule has 0 radical (unpaired) electrons. The van der Waals surface area contributed by atoms with Crippen molar-refractivity contribution in [2.75, 3.05) is 18.0 Å². The van der Waals surface area contributed by atoms with Crippen LogP contribution in [0.4, 0.5) is 5.82 Å². The van der Waals surface area contributed by atoms with Crippen molar-refractivity contribution < 1.29 is 0 Å². The Morgan fingerprint density at radius 1 is 1.04 bits per heavy atom. The number of benzene rings is 2. The molecule has 2 aromatic carbocycles. The fourth-order valence-electron chi connectivity index (χ4n) is 2.84. The maximum atomic E-state index is 13.0. The minimum absolute atomic E-state index is 0.0626. The quantitative estimate of drug-likeness (QED) is 0.705. The lowest BCUT2D eigenvalue weighted by Crippen LogP contribution is -2.33. The first-order chi connectivity index (χ1) is 11.6. The van der Waals surface area contributed by atoms with Crippen molar-refractivity contribution in [1.82, 2.24) is 9.55 Å². The van der Waals surface area contributed by atoms with Gasteiger partial charge in [0.15, 0.2) is 5.82 Å². The second-order valence-corrected chi connectivity index (χ2v) is 6.05. The van der Waals surface area contributed by atoms with Gasteiger partial charge in [-0.1, -0.05) is 35.9 Å². The Morgan fingerprint density at radius 2 is 1.71 bits per heavy atom. The van der Waals surface area contributed by atoms with Crippen LogP contribution in [-0.2, 0) is 6.54 Å². The van der Waals surface area contributed by atoms with Crippen molar-refractivity contribution in [3.63, 3.8) is 0 Å². The number of rotatable bonds is 5. The number of aromatic nitrogens is 2. The fourth-order valence-corrected chi connectivity index (χ4v) is 2.96. The molecule has 3 aromatic rings. The van der Waals surface area contributed by atoms with E-state index in [1.165, 1.54) is 0 Å². The normalized spacial score (nSPS) is 11.0. The Kier molecular flexibility index (Phi) is 4.86. The summed E-state index contributed by atoms with van der Waals surface area (Å²) < 4.78 is 1.79. The van der Waals surface area contributed by atoms with Crippen molar-refractivity contribution in [3.8, 4) is 0 Å². The Hall–Kier alpha value is -2.33. The molecule has 0 saturated heterocycles. The molecule has 1 aromatic heterocycles. The number of para-hydroxylation sites is 2. The van der Waals surface area contributed by atoms with Crippen molar-refractivity contribution in [2.45, 2.75) is 20.4 Å². The third-order valence-electron chi connectivity index (χ3n) is 4.15. The van der Waals surface area contributed by atoms with E-state index in [4.69, 9.17) is 11.6 Å². The average molecular weight is 342 g/mol. The van der Waals surface area contributed by atoms with E-state index in [-0.39, 0.29) is 5.56 Å². The number of fused-ring (bicyclic) bond motifs is 1. The van der Waals surface area contributed by atoms with Gasteiger partial charge in [0.05, 0.1) is 17.6 Å². The number of anilines is 1. The van der Waals surface area contributed by atoms with Gasteiger partial charge in [0.1, 0.15) is 0 Å². The topological polar surface area (TPSA) is 38.1 Å². The zero-order valence-corrected chi connectivity index (χ0v) is 14.6. The maximum Gasteiger partial charge on any atom is 0.294 e. The molecule has 0 unspecified atom stereocenters. The number of halogens is 1. The summed E-state index contributed by atoms with van der Waals surface area (Å²) in [6.45, 7) is 6.05. The lowest BCUT2D eigenvalue weighted by Gasteiger charge is -2.21. The monoisotopic (exact) mass is 341 g/mol. The first kappa shape index (κ1) is 16.5. The van der Waals surface area contributed by atoms with E-state index in [2.05, 4.69) is 4.98 Å². The van der Waals surface area contributed by atoms with E-state index in [0.29, 0.717) is 17.4 Å². The van der Waals surface area contributed by atoms with Gasteiger partial charge in [0.25, 0.3) is 5.56 Å². The molecule has 0 aliphatic carbocycles. The van der Waals surface area contributed by atoms with Crippen LogP contribution in [0.3, 0.4) is 0 Å². The molecule has 1 heterocycles. The van der Waals surface area contributed by atoms with Crippen LogP contribution in [-0.4, -0.2) is 22.6 Å². The molecule has 0 aliphatic heterocycles. The lowest BCUT2D eigenvalue weighted by molar-refractivity contribution is 0.760. The van der Waals surface area contributed by atoms with Crippen molar-refractivity contribution >= 4 is 28.5 Å². The summed E-state index contributed by atoms with van der Waals surface area (Å²) in [5.41, 5.74) is 2.64. The van der Waals surface area contributed by atoms with Gasteiger partial charge in [-0.15, -0.1) is 0 Å². The number of hydrogen-bond acceptors (Lipinski definition) is 3. The van der Waals surface area contributed by atoms with Crippen LogP contribution in [0.1, 0.15) is 19.4 Å². The summed E-state index contributed by atoms with van der Waals surface area (Å²) in [4.78, 5) is 19.6. The summed E-state index contributed by atoms with van der Waals surface area (Å²) in [5.74, 6) is 0.507. The smallest absolute Gasteiger partial charge is 0.294 e. The molecule has 124 valence electrons. The van der Waals surface area contributed by atoms with Crippen LogP contribution < -0.4 is 10.5 Å². The van der Waals surface area contributed by atoms with Crippen LogP contribution in [0.2, 0.25) is 5.02 Å². The Balaban J connectivity index is 2.18. The minimum Gasteiger partial charge on any atom is -0.353 e. The fraction of sp³-hybridized carbons (Fsp3) is 0.263. The van der Waals surface area contributed by atoms with E-state index in [1.807, 2.05) is 67.3 Å². The van der Waals surface area contributed by atoms with E-state index in [1.54, 1.807) is 4.57 Å². The Bertz CT molecular complexity index is 899. The van der Waals surface area contributed by atoms with E-state index in [0.717, 1.165) is 29.7 Å². The molecule has 5 heteroatoms. The average Bonchev–Trinajstić information content (AvgIpc) is 2.61. The lowest BCUT2D eigenvalue weighted by atomic mass is 10.2. The molecule has 0 atom stereocenters. The summed E-state index contributed by atoms with van der Waals surface area (Å²) in [6, 6.07) is 15.3. The van der Waals surface area contributed by atoms with Crippen molar-refractivity contribution in [3.05, 3.63) is 69.5 Å². The van der Waals surface area contributed by atoms with Gasteiger partial charge < -0.3 is 4.90 Å². The second-order valence-electron chi connectivity index (χ2n) is 5.61. The van der Waals surface area contributed by atoms with Gasteiger partial charge in [-0.25, -0.2) is 4.98 Å². The highest BCUT2D eigenvalue weighted by atomic mass is 35.5. The summed E-state index contributed by atoms with van der Waals surface area (Å²) in [5, 5.41) is 0.689.